The van der Waals surface area contributed by atoms with Crippen LogP contribution in [0.2, 0.25) is 0 Å². The van der Waals surface area contributed by atoms with E-state index >= 15 is 0 Å². The molecule has 0 aromatic heterocycles. The summed E-state index contributed by atoms with van der Waals surface area (Å²) in [5, 5.41) is 10.7. The molecule has 0 bridgehead atoms. The van der Waals surface area contributed by atoms with Crippen molar-refractivity contribution >= 4 is 6.29 Å². The third-order valence-electron chi connectivity index (χ3n) is 3.17. The van der Waals surface area contributed by atoms with Crippen LogP contribution in [-0.2, 0) is 11.0 Å². The topological polar surface area (TPSA) is 60.2 Å². The Labute approximate surface area is 113 Å². The van der Waals surface area contributed by atoms with Crippen LogP contribution in [0.25, 0.3) is 0 Å². The van der Waals surface area contributed by atoms with E-state index < -0.39 is 35.0 Å². The van der Waals surface area contributed by atoms with Crippen molar-refractivity contribution in [3.63, 3.8) is 0 Å². The second-order valence-electron chi connectivity index (χ2n) is 4.45. The van der Waals surface area contributed by atoms with E-state index in [2.05, 4.69) is 0 Å². The monoisotopic (exact) mass is 289 g/mol. The van der Waals surface area contributed by atoms with Crippen LogP contribution in [0.3, 0.4) is 0 Å². The number of rotatable bonds is 6. The Balaban J connectivity index is 3.08. The fourth-order valence-electron chi connectivity index (χ4n) is 2.04. The van der Waals surface area contributed by atoms with Gasteiger partial charge in [0.25, 0.3) is 0 Å². The van der Waals surface area contributed by atoms with Gasteiger partial charge in [0.15, 0.2) is 0 Å². The van der Waals surface area contributed by atoms with Gasteiger partial charge in [-0.25, -0.2) is 0 Å². The molecular formula is C13H14F3NO3. The largest absolute Gasteiger partial charge is 0.416 e. The third kappa shape index (κ3) is 4.04. The molecular weight excluding hydrogens is 275 g/mol. The second kappa shape index (κ2) is 6.49. The van der Waals surface area contributed by atoms with E-state index in [-0.39, 0.29) is 0 Å². The number of hydrogen-bond donors (Lipinski definition) is 0. The molecule has 0 saturated carbocycles. The van der Waals surface area contributed by atoms with E-state index in [0.29, 0.717) is 18.3 Å². The van der Waals surface area contributed by atoms with E-state index in [9.17, 15) is 28.1 Å². The summed E-state index contributed by atoms with van der Waals surface area (Å²) in [6, 6.07) is 4.14. The lowest BCUT2D eigenvalue weighted by Gasteiger charge is -2.19. The Hall–Kier alpha value is -1.92. The molecule has 1 rings (SSSR count). The molecule has 0 radical (unpaired) electrons. The van der Waals surface area contributed by atoms with Crippen molar-refractivity contribution in [2.45, 2.75) is 25.4 Å². The maximum absolute atomic E-state index is 12.5. The van der Waals surface area contributed by atoms with Crippen LogP contribution < -0.4 is 0 Å². The number of carbonyl (C=O) groups excluding carboxylic acids is 1. The molecule has 1 aromatic carbocycles. The lowest BCUT2D eigenvalue weighted by atomic mass is 9.85. The smallest absolute Gasteiger partial charge is 0.303 e. The summed E-state index contributed by atoms with van der Waals surface area (Å²) in [6.45, 7) is 1.22. The van der Waals surface area contributed by atoms with E-state index in [1.807, 2.05) is 0 Å². The van der Waals surface area contributed by atoms with Gasteiger partial charge in [-0.3, -0.25) is 10.1 Å². The molecule has 20 heavy (non-hydrogen) atoms. The fourth-order valence-corrected chi connectivity index (χ4v) is 2.04. The van der Waals surface area contributed by atoms with Gasteiger partial charge in [0.2, 0.25) is 6.54 Å². The Morgan fingerprint density at radius 2 is 1.85 bits per heavy atom. The number of aldehydes is 1. The first kappa shape index (κ1) is 16.1. The van der Waals surface area contributed by atoms with Crippen molar-refractivity contribution in [1.29, 1.82) is 0 Å². The van der Waals surface area contributed by atoms with E-state index in [1.54, 1.807) is 6.92 Å². The van der Waals surface area contributed by atoms with Crippen molar-refractivity contribution in [2.75, 3.05) is 6.54 Å². The Morgan fingerprint density at radius 1 is 1.30 bits per heavy atom. The minimum atomic E-state index is -4.45. The third-order valence-corrected chi connectivity index (χ3v) is 3.17. The molecule has 0 N–H and O–H groups in total. The summed E-state index contributed by atoms with van der Waals surface area (Å²) in [5.74, 6) is -1.30. The summed E-state index contributed by atoms with van der Waals surface area (Å²) in [6.07, 6.45) is -3.44. The van der Waals surface area contributed by atoms with Crippen molar-refractivity contribution < 1.29 is 22.9 Å². The van der Waals surface area contributed by atoms with Crippen molar-refractivity contribution in [2.24, 2.45) is 5.92 Å². The Bertz CT molecular complexity index is 471. The van der Waals surface area contributed by atoms with Crippen LogP contribution in [0.1, 0.15) is 30.4 Å². The highest BCUT2D eigenvalue weighted by Crippen LogP contribution is 2.32. The molecule has 4 nitrogen and oxygen atoms in total. The van der Waals surface area contributed by atoms with Gasteiger partial charge in [-0.05, 0) is 24.1 Å². The molecule has 0 spiro atoms. The number of hydrogen-bond acceptors (Lipinski definition) is 3. The molecule has 1 aromatic rings. The van der Waals surface area contributed by atoms with Gasteiger partial charge in [0, 0.05) is 10.8 Å². The zero-order valence-electron chi connectivity index (χ0n) is 10.8. The van der Waals surface area contributed by atoms with Crippen molar-refractivity contribution in [3.8, 4) is 0 Å². The molecule has 0 saturated heterocycles. The highest BCUT2D eigenvalue weighted by molar-refractivity contribution is 5.56. The first-order valence-corrected chi connectivity index (χ1v) is 6.03. The number of carbonyl (C=O) groups is 1. The average Bonchev–Trinajstić information content (AvgIpc) is 2.37. The van der Waals surface area contributed by atoms with Crippen molar-refractivity contribution in [3.05, 3.63) is 45.5 Å². The maximum Gasteiger partial charge on any atom is 0.416 e. The summed E-state index contributed by atoms with van der Waals surface area (Å²) >= 11 is 0. The normalized spacial score (nSPS) is 14.6. The second-order valence-corrected chi connectivity index (χ2v) is 4.45. The predicted octanol–water partition coefficient (Wildman–Crippen LogP) is 3.29. The van der Waals surface area contributed by atoms with Gasteiger partial charge in [0.1, 0.15) is 6.29 Å². The number of benzene rings is 1. The standard InChI is InChI=1S/C13H14F3NO3/c1-2-9(8-18)12(7-17(19)20)10-3-5-11(6-4-10)13(14,15)16/h3-6,8-9,12H,2,7H2,1H3/t9-,12-/m0/s1. The van der Waals surface area contributed by atoms with Crippen LogP contribution in [0, 0.1) is 16.0 Å². The molecule has 0 aliphatic heterocycles. The van der Waals surface area contributed by atoms with Gasteiger partial charge in [-0.15, -0.1) is 0 Å². The van der Waals surface area contributed by atoms with Gasteiger partial charge < -0.3 is 4.79 Å². The quantitative estimate of drug-likeness (QED) is 0.458. The molecule has 7 heteroatoms. The van der Waals surface area contributed by atoms with Crippen LogP contribution in [0.5, 0.6) is 0 Å². The predicted molar refractivity (Wildman–Crippen MR) is 65.9 cm³/mol. The molecule has 0 amide bonds. The molecule has 110 valence electrons. The highest BCUT2D eigenvalue weighted by atomic mass is 19.4. The lowest BCUT2D eigenvalue weighted by molar-refractivity contribution is -0.484. The number of halogens is 3. The number of nitro groups is 1. The molecule has 0 aliphatic rings. The fraction of sp³-hybridized carbons (Fsp3) is 0.462. The first-order valence-electron chi connectivity index (χ1n) is 6.03. The van der Waals surface area contributed by atoms with Crippen molar-refractivity contribution in [1.82, 2.24) is 0 Å². The van der Waals surface area contributed by atoms with Gasteiger partial charge in [-0.1, -0.05) is 19.1 Å². The van der Waals surface area contributed by atoms with E-state index in [1.165, 1.54) is 12.1 Å². The zero-order chi connectivity index (χ0) is 15.3. The van der Waals surface area contributed by atoms with Gasteiger partial charge >= 0.3 is 6.18 Å². The van der Waals surface area contributed by atoms with Gasteiger partial charge in [-0.2, -0.15) is 13.2 Å². The highest BCUT2D eigenvalue weighted by Gasteiger charge is 2.31. The Morgan fingerprint density at radius 3 is 2.20 bits per heavy atom. The van der Waals surface area contributed by atoms with Crippen LogP contribution in [0.15, 0.2) is 24.3 Å². The summed E-state index contributed by atoms with van der Waals surface area (Å²) < 4.78 is 37.4. The molecule has 2 atom stereocenters. The molecule has 0 unspecified atom stereocenters. The summed E-state index contributed by atoms with van der Waals surface area (Å²) in [4.78, 5) is 21.1. The minimum Gasteiger partial charge on any atom is -0.303 e. The SMILES string of the molecule is CC[C@@H](C=O)[C@H](C[N+](=O)[O-])c1ccc(C(F)(F)F)cc1. The minimum absolute atomic E-state index is 0.369. The summed E-state index contributed by atoms with van der Waals surface area (Å²) in [5.41, 5.74) is -0.450. The maximum atomic E-state index is 12.5. The van der Waals surface area contributed by atoms with Crippen LogP contribution >= 0.6 is 0 Å². The molecule has 0 aliphatic carbocycles. The summed E-state index contributed by atoms with van der Waals surface area (Å²) in [7, 11) is 0. The van der Waals surface area contributed by atoms with Gasteiger partial charge in [0.05, 0.1) is 11.5 Å². The zero-order valence-corrected chi connectivity index (χ0v) is 10.8. The van der Waals surface area contributed by atoms with E-state index in [4.69, 9.17) is 0 Å². The average molecular weight is 289 g/mol. The Kier molecular flexibility index (Phi) is 5.24. The van der Waals surface area contributed by atoms with Crippen LogP contribution in [0.4, 0.5) is 13.2 Å². The van der Waals surface area contributed by atoms with E-state index in [0.717, 1.165) is 12.1 Å². The van der Waals surface area contributed by atoms with Crippen LogP contribution in [-0.4, -0.2) is 17.8 Å². The molecule has 0 fully saturated rings. The first-order chi connectivity index (χ1) is 9.29. The lowest BCUT2D eigenvalue weighted by Crippen LogP contribution is -2.22. The number of alkyl halides is 3. The molecule has 0 heterocycles. The number of nitrogens with zero attached hydrogens (tertiary/aromatic N) is 1.